The lowest BCUT2D eigenvalue weighted by Gasteiger charge is -2.08. The normalized spacial score (nSPS) is 10.8. The van der Waals surface area contributed by atoms with Crippen LogP contribution in [0.5, 0.6) is 11.5 Å². The average molecular weight is 409 g/mol. The van der Waals surface area contributed by atoms with Gasteiger partial charge in [0.2, 0.25) is 0 Å². The fourth-order valence-electron chi connectivity index (χ4n) is 2.98. The van der Waals surface area contributed by atoms with Crippen LogP contribution in [-0.2, 0) is 0 Å². The number of ether oxygens (including phenoxy) is 2. The first-order valence-electron chi connectivity index (χ1n) is 8.98. The summed E-state index contributed by atoms with van der Waals surface area (Å²) in [5, 5.41) is 17.3. The van der Waals surface area contributed by atoms with E-state index in [1.54, 1.807) is 51.5 Å². The fourth-order valence-corrected chi connectivity index (χ4v) is 2.98. The van der Waals surface area contributed by atoms with Crippen LogP contribution < -0.4 is 14.8 Å². The highest BCUT2D eigenvalue weighted by molar-refractivity contribution is 6.02. The summed E-state index contributed by atoms with van der Waals surface area (Å²) in [6.07, 6.45) is 0. The van der Waals surface area contributed by atoms with E-state index >= 15 is 0 Å². The molecule has 10 heteroatoms. The summed E-state index contributed by atoms with van der Waals surface area (Å²) in [7, 11) is 3.13. The molecule has 0 radical (unpaired) electrons. The van der Waals surface area contributed by atoms with Gasteiger partial charge in [-0.1, -0.05) is 5.10 Å². The number of H-pyrrole nitrogens is 1. The highest BCUT2D eigenvalue weighted by Gasteiger charge is 2.19. The minimum atomic E-state index is -0.481. The second-order valence-electron chi connectivity index (χ2n) is 6.43. The van der Waals surface area contributed by atoms with E-state index < -0.39 is 5.91 Å². The number of benzene rings is 1. The Morgan fingerprint density at radius 1 is 1.03 bits per heavy atom. The van der Waals surface area contributed by atoms with Crippen LogP contribution >= 0.6 is 0 Å². The van der Waals surface area contributed by atoms with Crippen LogP contribution in [0.15, 0.2) is 39.2 Å². The van der Waals surface area contributed by atoms with Crippen molar-refractivity contribution in [3.63, 3.8) is 0 Å². The Morgan fingerprint density at radius 2 is 1.87 bits per heavy atom. The topological polar surface area (TPSA) is 128 Å². The first-order valence-corrected chi connectivity index (χ1v) is 8.98. The Labute approximate surface area is 171 Å². The van der Waals surface area contributed by atoms with Gasteiger partial charge in [-0.2, -0.15) is 5.10 Å². The minimum absolute atomic E-state index is 0.0386. The molecule has 30 heavy (non-hydrogen) atoms. The van der Waals surface area contributed by atoms with Crippen LogP contribution in [-0.4, -0.2) is 40.5 Å². The van der Waals surface area contributed by atoms with E-state index in [0.29, 0.717) is 34.1 Å². The van der Waals surface area contributed by atoms with E-state index in [-0.39, 0.29) is 17.6 Å². The van der Waals surface area contributed by atoms with Crippen LogP contribution in [0.1, 0.15) is 22.0 Å². The number of amides is 1. The van der Waals surface area contributed by atoms with Gasteiger partial charge < -0.3 is 18.3 Å². The lowest BCUT2D eigenvalue weighted by atomic mass is 10.1. The number of hydrogen-bond donors (Lipinski definition) is 2. The Morgan fingerprint density at radius 3 is 2.57 bits per heavy atom. The van der Waals surface area contributed by atoms with Gasteiger partial charge in [0.05, 0.1) is 25.5 Å². The first-order chi connectivity index (χ1) is 14.5. The summed E-state index contributed by atoms with van der Waals surface area (Å²) in [6.45, 7) is 3.62. The molecule has 3 heterocycles. The van der Waals surface area contributed by atoms with Crippen molar-refractivity contribution >= 4 is 11.9 Å². The Kier molecular flexibility index (Phi) is 4.97. The third kappa shape index (κ3) is 3.62. The lowest BCUT2D eigenvalue weighted by Crippen LogP contribution is -2.12. The molecule has 0 atom stereocenters. The highest BCUT2D eigenvalue weighted by atomic mass is 16.5. The summed E-state index contributed by atoms with van der Waals surface area (Å²) in [6, 6.07) is 8.66. The zero-order valence-corrected chi connectivity index (χ0v) is 16.8. The van der Waals surface area contributed by atoms with Crippen molar-refractivity contribution in [2.45, 2.75) is 13.8 Å². The Bertz CT molecular complexity index is 1210. The van der Waals surface area contributed by atoms with Gasteiger partial charge in [0.15, 0.2) is 0 Å². The van der Waals surface area contributed by atoms with E-state index in [1.807, 2.05) is 6.92 Å². The lowest BCUT2D eigenvalue weighted by molar-refractivity contribution is 0.101. The fraction of sp³-hybridized carbons (Fsp3) is 0.200. The molecule has 0 fully saturated rings. The van der Waals surface area contributed by atoms with Crippen LogP contribution in [0, 0.1) is 13.8 Å². The number of aromatic amines is 1. The van der Waals surface area contributed by atoms with E-state index in [9.17, 15) is 4.79 Å². The molecule has 154 valence electrons. The molecule has 1 aromatic carbocycles. The van der Waals surface area contributed by atoms with Crippen LogP contribution in [0.4, 0.5) is 6.01 Å². The summed E-state index contributed by atoms with van der Waals surface area (Å²) < 4.78 is 21.6. The first kappa shape index (κ1) is 19.2. The second-order valence-corrected chi connectivity index (χ2v) is 6.43. The predicted molar refractivity (Wildman–Crippen MR) is 107 cm³/mol. The van der Waals surface area contributed by atoms with Gasteiger partial charge in [-0.3, -0.25) is 15.2 Å². The predicted octanol–water partition coefficient (Wildman–Crippen LogP) is 3.61. The standard InChI is InChI=1S/C20H19N5O5/c1-10-7-13(11(2)29-10)19-24-25-20(30-19)21-18(26)16-9-15(22-23-16)14-8-12(27-3)5-6-17(14)28-4/h5-9H,1-4H3,(H,22,23)(H,21,25,26). The van der Waals surface area contributed by atoms with Crippen molar-refractivity contribution in [2.24, 2.45) is 0 Å². The maximum Gasteiger partial charge on any atom is 0.322 e. The molecular weight excluding hydrogens is 390 g/mol. The summed E-state index contributed by atoms with van der Waals surface area (Å²) >= 11 is 0. The van der Waals surface area contributed by atoms with Crippen molar-refractivity contribution in [3.8, 4) is 34.2 Å². The number of furan rings is 1. The highest BCUT2D eigenvalue weighted by Crippen LogP contribution is 2.32. The molecule has 0 aliphatic rings. The monoisotopic (exact) mass is 409 g/mol. The van der Waals surface area contributed by atoms with Gasteiger partial charge in [0.1, 0.15) is 28.7 Å². The van der Waals surface area contributed by atoms with Gasteiger partial charge in [-0.25, -0.2) is 0 Å². The van der Waals surface area contributed by atoms with Crippen LogP contribution in [0.25, 0.3) is 22.7 Å². The van der Waals surface area contributed by atoms with Crippen molar-refractivity contribution in [1.82, 2.24) is 20.4 Å². The largest absolute Gasteiger partial charge is 0.497 e. The zero-order valence-electron chi connectivity index (χ0n) is 16.8. The van der Waals surface area contributed by atoms with Gasteiger partial charge in [0, 0.05) is 5.56 Å². The van der Waals surface area contributed by atoms with Gasteiger partial charge in [-0.05, 0) is 44.2 Å². The SMILES string of the molecule is COc1ccc(OC)c(-c2cc(C(=O)Nc3nnc(-c4cc(C)oc4C)o3)[nH]n2)c1. The third-order valence-electron chi connectivity index (χ3n) is 4.42. The molecule has 0 aliphatic heterocycles. The number of carbonyl (C=O) groups excluding carboxylic acids is 1. The molecule has 2 N–H and O–H groups in total. The number of nitrogens with one attached hydrogen (secondary N) is 2. The molecular formula is C20H19N5O5. The third-order valence-corrected chi connectivity index (χ3v) is 4.42. The van der Waals surface area contributed by atoms with Gasteiger partial charge in [0.25, 0.3) is 11.8 Å². The van der Waals surface area contributed by atoms with Gasteiger partial charge >= 0.3 is 6.01 Å². The molecule has 1 amide bonds. The van der Waals surface area contributed by atoms with E-state index in [2.05, 4.69) is 25.7 Å². The molecule has 0 saturated carbocycles. The molecule has 0 aliphatic carbocycles. The molecule has 0 unspecified atom stereocenters. The van der Waals surface area contributed by atoms with E-state index in [0.717, 1.165) is 5.76 Å². The van der Waals surface area contributed by atoms with Crippen LogP contribution in [0.3, 0.4) is 0 Å². The van der Waals surface area contributed by atoms with Crippen molar-refractivity contribution in [2.75, 3.05) is 19.5 Å². The van der Waals surface area contributed by atoms with Crippen molar-refractivity contribution in [3.05, 3.63) is 47.5 Å². The molecule has 0 spiro atoms. The molecule has 0 bridgehead atoms. The van der Waals surface area contributed by atoms with Gasteiger partial charge in [-0.15, -0.1) is 5.10 Å². The number of methoxy groups -OCH3 is 2. The zero-order chi connectivity index (χ0) is 21.3. The van der Waals surface area contributed by atoms with Crippen LogP contribution in [0.2, 0.25) is 0 Å². The minimum Gasteiger partial charge on any atom is -0.497 e. The maximum absolute atomic E-state index is 12.6. The molecule has 3 aromatic heterocycles. The van der Waals surface area contributed by atoms with Crippen molar-refractivity contribution < 1.29 is 23.1 Å². The Balaban J connectivity index is 1.54. The molecule has 0 saturated heterocycles. The number of aryl methyl sites for hydroxylation is 2. The number of nitrogens with zero attached hydrogens (tertiary/aromatic N) is 3. The van der Waals surface area contributed by atoms with Crippen molar-refractivity contribution in [1.29, 1.82) is 0 Å². The number of rotatable bonds is 6. The summed E-state index contributed by atoms with van der Waals surface area (Å²) in [5.41, 5.74) is 2.09. The molecule has 4 rings (SSSR count). The van der Waals surface area contributed by atoms with E-state index in [1.165, 1.54) is 0 Å². The molecule has 4 aromatic rings. The number of anilines is 1. The maximum atomic E-state index is 12.6. The second kappa shape index (κ2) is 7.74. The smallest absolute Gasteiger partial charge is 0.322 e. The van der Waals surface area contributed by atoms with E-state index in [4.69, 9.17) is 18.3 Å². The summed E-state index contributed by atoms with van der Waals surface area (Å²) in [4.78, 5) is 12.6. The number of hydrogen-bond acceptors (Lipinski definition) is 8. The molecule has 10 nitrogen and oxygen atoms in total. The summed E-state index contributed by atoms with van der Waals surface area (Å²) in [5.74, 6) is 2.39. The number of aromatic nitrogens is 4. The quantitative estimate of drug-likeness (QED) is 0.494. The number of carbonyl (C=O) groups is 1. The average Bonchev–Trinajstić information content (AvgIpc) is 3.47. The Hall–Kier alpha value is -4.08.